The Balaban J connectivity index is 2.16. The normalized spacial score (nSPS) is 12.6. The maximum atomic E-state index is 13.1. The first-order chi connectivity index (χ1) is 8.97. The molecule has 2 nitrogen and oxygen atoms in total. The maximum absolute atomic E-state index is 13.1. The molecule has 0 bridgehead atoms. The number of thiophene rings is 1. The molecule has 1 aromatic carbocycles. The summed E-state index contributed by atoms with van der Waals surface area (Å²) < 4.78 is 13.9. The first kappa shape index (κ1) is 14.5. The molecule has 19 heavy (non-hydrogen) atoms. The lowest BCUT2D eigenvalue weighted by molar-refractivity contribution is 0.0799. The van der Waals surface area contributed by atoms with E-state index in [-0.39, 0.29) is 11.7 Å². The zero-order valence-electron chi connectivity index (χ0n) is 10.8. The third-order valence-electron chi connectivity index (χ3n) is 2.90. The van der Waals surface area contributed by atoms with E-state index in [9.17, 15) is 9.18 Å². The molecule has 2 rings (SSSR count). The molecule has 0 saturated heterocycles. The number of amides is 1. The first-order valence-electron chi connectivity index (χ1n) is 6.06. The van der Waals surface area contributed by atoms with Gasteiger partial charge in [-0.2, -0.15) is 0 Å². The number of benzene rings is 1. The van der Waals surface area contributed by atoms with Gasteiger partial charge in [-0.25, -0.2) is 4.39 Å². The zero-order valence-corrected chi connectivity index (χ0v) is 13.2. The molecule has 0 aliphatic carbocycles. The van der Waals surface area contributed by atoms with Gasteiger partial charge in [0, 0.05) is 23.1 Å². The fourth-order valence-electron chi connectivity index (χ4n) is 1.77. The van der Waals surface area contributed by atoms with Crippen LogP contribution < -0.4 is 0 Å². The van der Waals surface area contributed by atoms with Gasteiger partial charge in [0.15, 0.2) is 0 Å². The number of carbonyl (C=O) groups excluding carboxylic acids is 1. The highest BCUT2D eigenvalue weighted by atomic mass is 79.9. The van der Waals surface area contributed by atoms with Crippen LogP contribution in [-0.2, 0) is 0 Å². The molecule has 1 amide bonds. The van der Waals surface area contributed by atoms with Crippen molar-refractivity contribution >= 4 is 43.3 Å². The van der Waals surface area contributed by atoms with E-state index in [0.29, 0.717) is 16.2 Å². The minimum Gasteiger partial charge on any atom is -0.341 e. The molecular formula is C14H15BrFNOS. The highest BCUT2D eigenvalue weighted by Gasteiger charge is 2.15. The molecule has 2 aromatic rings. The molecule has 1 heterocycles. The van der Waals surface area contributed by atoms with Gasteiger partial charge < -0.3 is 4.90 Å². The van der Waals surface area contributed by atoms with Crippen LogP contribution in [0.15, 0.2) is 24.3 Å². The smallest absolute Gasteiger partial charge is 0.263 e. The fraction of sp³-hybridized carbons (Fsp3) is 0.357. The molecule has 0 spiro atoms. The standard InChI is InChI=1S/C14H15BrFNOS/c1-9(15)5-6-17(2)14(18)13-7-10-3-4-11(16)8-12(10)19-13/h3-4,7-9H,5-6H2,1-2H3. The van der Waals surface area contributed by atoms with Crippen LogP contribution in [-0.4, -0.2) is 29.2 Å². The van der Waals surface area contributed by atoms with E-state index in [1.54, 1.807) is 18.0 Å². The van der Waals surface area contributed by atoms with Gasteiger partial charge >= 0.3 is 0 Å². The molecule has 102 valence electrons. The summed E-state index contributed by atoms with van der Waals surface area (Å²) in [6.07, 6.45) is 0.905. The number of hydrogen-bond donors (Lipinski definition) is 0. The van der Waals surface area contributed by atoms with Crippen LogP contribution in [0.4, 0.5) is 4.39 Å². The van der Waals surface area contributed by atoms with E-state index in [1.807, 2.05) is 6.07 Å². The van der Waals surface area contributed by atoms with E-state index < -0.39 is 0 Å². The topological polar surface area (TPSA) is 20.3 Å². The van der Waals surface area contributed by atoms with E-state index in [2.05, 4.69) is 22.9 Å². The summed E-state index contributed by atoms with van der Waals surface area (Å²) in [4.78, 5) is 15.0. The molecule has 1 atom stereocenters. The quantitative estimate of drug-likeness (QED) is 0.758. The first-order valence-corrected chi connectivity index (χ1v) is 7.79. The molecule has 1 unspecified atom stereocenters. The van der Waals surface area contributed by atoms with Gasteiger partial charge in [-0.1, -0.05) is 28.9 Å². The second-order valence-electron chi connectivity index (χ2n) is 4.59. The molecule has 5 heteroatoms. The average molecular weight is 344 g/mol. The summed E-state index contributed by atoms with van der Waals surface area (Å²) in [7, 11) is 1.79. The maximum Gasteiger partial charge on any atom is 0.263 e. The lowest BCUT2D eigenvalue weighted by Crippen LogP contribution is -2.28. The second-order valence-corrected chi connectivity index (χ2v) is 7.24. The monoisotopic (exact) mass is 343 g/mol. The fourth-order valence-corrected chi connectivity index (χ4v) is 3.06. The molecule has 0 aliphatic heterocycles. The summed E-state index contributed by atoms with van der Waals surface area (Å²) in [5.41, 5.74) is 0. The summed E-state index contributed by atoms with van der Waals surface area (Å²) in [6.45, 7) is 2.76. The number of rotatable bonds is 4. The van der Waals surface area contributed by atoms with Crippen molar-refractivity contribution in [3.63, 3.8) is 0 Å². The highest BCUT2D eigenvalue weighted by molar-refractivity contribution is 9.09. The molecule has 0 saturated carbocycles. The van der Waals surface area contributed by atoms with Gasteiger partial charge in [0.25, 0.3) is 5.91 Å². The minimum absolute atomic E-state index is 0.00485. The van der Waals surface area contributed by atoms with Crippen molar-refractivity contribution in [2.75, 3.05) is 13.6 Å². The van der Waals surface area contributed by atoms with Crippen LogP contribution in [0.2, 0.25) is 0 Å². The predicted molar refractivity (Wildman–Crippen MR) is 81.7 cm³/mol. The largest absolute Gasteiger partial charge is 0.341 e. The van der Waals surface area contributed by atoms with Gasteiger partial charge in [-0.15, -0.1) is 11.3 Å². The van der Waals surface area contributed by atoms with Crippen molar-refractivity contribution in [2.24, 2.45) is 0 Å². The van der Waals surface area contributed by atoms with Crippen molar-refractivity contribution in [3.8, 4) is 0 Å². The lowest BCUT2D eigenvalue weighted by Gasteiger charge is -2.16. The number of halogens is 2. The zero-order chi connectivity index (χ0) is 14.0. The Hall–Kier alpha value is -0.940. The van der Waals surface area contributed by atoms with Crippen LogP contribution in [0.5, 0.6) is 0 Å². The van der Waals surface area contributed by atoms with E-state index in [4.69, 9.17) is 0 Å². The number of nitrogens with zero attached hydrogens (tertiary/aromatic N) is 1. The van der Waals surface area contributed by atoms with Crippen molar-refractivity contribution in [1.82, 2.24) is 4.90 Å². The molecule has 0 aliphatic rings. The summed E-state index contributed by atoms with van der Waals surface area (Å²) in [5.74, 6) is -0.274. The van der Waals surface area contributed by atoms with Crippen LogP contribution in [0.25, 0.3) is 10.1 Å². The van der Waals surface area contributed by atoms with Crippen LogP contribution in [0.1, 0.15) is 23.0 Å². The van der Waals surface area contributed by atoms with E-state index in [1.165, 1.54) is 23.5 Å². The highest BCUT2D eigenvalue weighted by Crippen LogP contribution is 2.27. The van der Waals surface area contributed by atoms with Crippen molar-refractivity contribution in [2.45, 2.75) is 18.2 Å². The van der Waals surface area contributed by atoms with Crippen LogP contribution >= 0.6 is 27.3 Å². The van der Waals surface area contributed by atoms with E-state index >= 15 is 0 Å². The van der Waals surface area contributed by atoms with E-state index in [0.717, 1.165) is 16.5 Å². The Morgan fingerprint density at radius 3 is 2.89 bits per heavy atom. The summed E-state index contributed by atoms with van der Waals surface area (Å²) >= 11 is 4.81. The molecule has 0 radical (unpaired) electrons. The van der Waals surface area contributed by atoms with Gasteiger partial charge in [0.2, 0.25) is 0 Å². The SMILES string of the molecule is CC(Br)CCN(C)C(=O)c1cc2ccc(F)cc2s1. The molecule has 0 fully saturated rings. The van der Waals surface area contributed by atoms with Crippen LogP contribution in [0.3, 0.4) is 0 Å². The molecule has 0 N–H and O–H groups in total. The summed E-state index contributed by atoms with van der Waals surface area (Å²) in [6, 6.07) is 6.42. The lowest BCUT2D eigenvalue weighted by atomic mass is 10.2. The minimum atomic E-state index is -0.269. The number of alkyl halides is 1. The van der Waals surface area contributed by atoms with Crippen molar-refractivity contribution in [3.05, 3.63) is 35.0 Å². The Morgan fingerprint density at radius 1 is 1.47 bits per heavy atom. The Bertz CT molecular complexity index is 596. The summed E-state index contributed by atoms with van der Waals surface area (Å²) in [5, 5.41) is 0.914. The number of fused-ring (bicyclic) bond motifs is 1. The van der Waals surface area contributed by atoms with Gasteiger partial charge in [-0.3, -0.25) is 4.79 Å². The Kier molecular flexibility index (Phi) is 4.58. The van der Waals surface area contributed by atoms with Gasteiger partial charge in [-0.05, 0) is 30.0 Å². The van der Waals surface area contributed by atoms with Crippen molar-refractivity contribution < 1.29 is 9.18 Å². The predicted octanol–water partition coefficient (Wildman–Crippen LogP) is 4.29. The number of hydrogen-bond acceptors (Lipinski definition) is 2. The third kappa shape index (κ3) is 3.54. The average Bonchev–Trinajstić information content (AvgIpc) is 2.77. The Labute approximate surface area is 124 Å². The number of carbonyl (C=O) groups is 1. The third-order valence-corrected chi connectivity index (χ3v) is 4.45. The van der Waals surface area contributed by atoms with Gasteiger partial charge in [0.05, 0.1) is 4.88 Å². The second kappa shape index (κ2) is 6.01. The molecule has 1 aromatic heterocycles. The van der Waals surface area contributed by atoms with Crippen molar-refractivity contribution in [1.29, 1.82) is 0 Å². The molecular weight excluding hydrogens is 329 g/mol. The van der Waals surface area contributed by atoms with Crippen LogP contribution in [0, 0.1) is 5.82 Å². The Morgan fingerprint density at radius 2 is 2.21 bits per heavy atom. The van der Waals surface area contributed by atoms with Gasteiger partial charge in [0.1, 0.15) is 5.82 Å².